The van der Waals surface area contributed by atoms with Crippen molar-refractivity contribution in [2.24, 2.45) is 4.99 Å². The first-order valence-electron chi connectivity index (χ1n) is 10.5. The van der Waals surface area contributed by atoms with E-state index in [1.54, 1.807) is 0 Å². The second kappa shape index (κ2) is 7.56. The molecule has 0 radical (unpaired) electrons. The Labute approximate surface area is 179 Å². The second-order valence-electron chi connectivity index (χ2n) is 7.77. The SMILES string of the molecule is C1=NCC(c2nccc3c(-c4cccc5cnccc45)cc(N4CCOCC4)nc23)=C1. The molecule has 0 atom stereocenters. The van der Waals surface area contributed by atoms with Crippen LogP contribution in [0, 0.1) is 0 Å². The highest BCUT2D eigenvalue weighted by Gasteiger charge is 2.20. The van der Waals surface area contributed by atoms with Gasteiger partial charge in [0.05, 0.1) is 31.0 Å². The summed E-state index contributed by atoms with van der Waals surface area (Å²) in [7, 11) is 0. The first-order chi connectivity index (χ1) is 15.4. The lowest BCUT2D eigenvalue weighted by Crippen LogP contribution is -2.36. The lowest BCUT2D eigenvalue weighted by molar-refractivity contribution is 0.122. The molecule has 1 saturated heterocycles. The fourth-order valence-corrected chi connectivity index (χ4v) is 4.41. The predicted molar refractivity (Wildman–Crippen MR) is 125 cm³/mol. The molecule has 3 aromatic heterocycles. The third-order valence-electron chi connectivity index (χ3n) is 5.97. The van der Waals surface area contributed by atoms with Crippen molar-refractivity contribution >= 4 is 39.3 Å². The van der Waals surface area contributed by atoms with Crippen LogP contribution >= 0.6 is 0 Å². The minimum Gasteiger partial charge on any atom is -0.378 e. The predicted octanol–water partition coefficient (Wildman–Crippen LogP) is 4.15. The summed E-state index contributed by atoms with van der Waals surface area (Å²) in [5, 5.41) is 3.40. The van der Waals surface area contributed by atoms with Gasteiger partial charge in [0.25, 0.3) is 0 Å². The third-order valence-corrected chi connectivity index (χ3v) is 5.97. The molecular formula is C25H21N5O. The van der Waals surface area contributed by atoms with Gasteiger partial charge in [0.15, 0.2) is 0 Å². The maximum absolute atomic E-state index is 5.57. The van der Waals surface area contributed by atoms with Gasteiger partial charge in [-0.3, -0.25) is 15.0 Å². The first kappa shape index (κ1) is 18.2. The van der Waals surface area contributed by atoms with Crippen LogP contribution in [0.3, 0.4) is 0 Å². The van der Waals surface area contributed by atoms with E-state index in [-0.39, 0.29) is 0 Å². The van der Waals surface area contributed by atoms with Gasteiger partial charge in [-0.25, -0.2) is 4.98 Å². The molecule has 0 N–H and O–H groups in total. The van der Waals surface area contributed by atoms with Crippen molar-refractivity contribution in [3.63, 3.8) is 0 Å². The number of aliphatic imine (C=N–C) groups is 1. The average Bonchev–Trinajstić information content (AvgIpc) is 3.38. The summed E-state index contributed by atoms with van der Waals surface area (Å²) in [5.74, 6) is 0.964. The van der Waals surface area contributed by atoms with Crippen LogP contribution in [-0.2, 0) is 4.74 Å². The van der Waals surface area contributed by atoms with Gasteiger partial charge in [-0.1, -0.05) is 18.2 Å². The number of hydrogen-bond donors (Lipinski definition) is 0. The van der Waals surface area contributed by atoms with Gasteiger partial charge in [0, 0.05) is 54.2 Å². The number of benzene rings is 1. The van der Waals surface area contributed by atoms with Gasteiger partial charge in [-0.05, 0) is 40.8 Å². The van der Waals surface area contributed by atoms with Crippen LogP contribution in [0.15, 0.2) is 66.1 Å². The Morgan fingerprint density at radius 2 is 1.84 bits per heavy atom. The molecule has 2 aliphatic heterocycles. The second-order valence-corrected chi connectivity index (χ2v) is 7.77. The fourth-order valence-electron chi connectivity index (χ4n) is 4.41. The fraction of sp³-hybridized carbons (Fsp3) is 0.200. The molecule has 0 saturated carbocycles. The van der Waals surface area contributed by atoms with Crippen molar-refractivity contribution in [2.75, 3.05) is 37.7 Å². The largest absolute Gasteiger partial charge is 0.378 e. The summed E-state index contributed by atoms with van der Waals surface area (Å²) in [6, 6.07) is 12.7. The van der Waals surface area contributed by atoms with Crippen molar-refractivity contribution in [2.45, 2.75) is 0 Å². The lowest BCUT2D eigenvalue weighted by atomic mass is 9.95. The highest BCUT2D eigenvalue weighted by Crippen LogP contribution is 2.37. The monoisotopic (exact) mass is 407 g/mol. The van der Waals surface area contributed by atoms with Crippen LogP contribution in [-0.4, -0.2) is 54.0 Å². The Bertz CT molecular complexity index is 1350. The van der Waals surface area contributed by atoms with Crippen LogP contribution < -0.4 is 4.90 Å². The average molecular weight is 407 g/mol. The Morgan fingerprint density at radius 1 is 0.935 bits per heavy atom. The van der Waals surface area contributed by atoms with Gasteiger partial charge < -0.3 is 9.64 Å². The zero-order chi connectivity index (χ0) is 20.6. The Hall–Kier alpha value is -3.64. The number of allylic oxidation sites excluding steroid dienone is 1. The van der Waals surface area contributed by atoms with Crippen molar-refractivity contribution in [1.29, 1.82) is 0 Å². The Morgan fingerprint density at radius 3 is 2.71 bits per heavy atom. The molecule has 4 aromatic rings. The number of anilines is 1. The van der Waals surface area contributed by atoms with Crippen LogP contribution in [0.1, 0.15) is 5.69 Å². The highest BCUT2D eigenvalue weighted by atomic mass is 16.5. The maximum Gasteiger partial charge on any atom is 0.130 e. The zero-order valence-corrected chi connectivity index (χ0v) is 17.0. The van der Waals surface area contributed by atoms with E-state index in [1.165, 1.54) is 10.9 Å². The minimum atomic E-state index is 0.644. The minimum absolute atomic E-state index is 0.644. The number of fused-ring (bicyclic) bond motifs is 2. The highest BCUT2D eigenvalue weighted by molar-refractivity contribution is 6.07. The van der Waals surface area contributed by atoms with E-state index in [4.69, 9.17) is 14.7 Å². The van der Waals surface area contributed by atoms with Crippen LogP contribution in [0.25, 0.3) is 38.4 Å². The standard InChI is InChI=1S/C25H21N5O/c1-2-17-15-27-8-5-19(17)20(3-1)22-14-23(30-10-12-31-13-11-30)29-25-21(22)6-9-28-24(25)18-4-7-26-16-18/h1-9,14-15H,10-13,16H2. The lowest BCUT2D eigenvalue weighted by Gasteiger charge is -2.29. The summed E-state index contributed by atoms with van der Waals surface area (Å²) < 4.78 is 5.57. The number of aromatic nitrogens is 3. The van der Waals surface area contributed by atoms with E-state index in [9.17, 15) is 0 Å². The Kier molecular flexibility index (Phi) is 4.43. The summed E-state index contributed by atoms with van der Waals surface area (Å²) in [6.07, 6.45) is 9.53. The normalized spacial score (nSPS) is 16.3. The third kappa shape index (κ3) is 3.16. The number of hydrogen-bond acceptors (Lipinski definition) is 6. The van der Waals surface area contributed by atoms with Gasteiger partial charge >= 0.3 is 0 Å². The van der Waals surface area contributed by atoms with E-state index >= 15 is 0 Å². The van der Waals surface area contributed by atoms with E-state index < -0.39 is 0 Å². The molecule has 0 aliphatic carbocycles. The molecule has 31 heavy (non-hydrogen) atoms. The molecule has 0 spiro atoms. The van der Waals surface area contributed by atoms with Crippen molar-refractivity contribution in [3.8, 4) is 11.1 Å². The molecular weight excluding hydrogens is 386 g/mol. The zero-order valence-electron chi connectivity index (χ0n) is 17.0. The molecule has 6 heteroatoms. The van der Waals surface area contributed by atoms with Gasteiger partial charge in [0.1, 0.15) is 5.82 Å². The first-order valence-corrected chi connectivity index (χ1v) is 10.5. The molecule has 5 heterocycles. The van der Waals surface area contributed by atoms with Crippen LogP contribution in [0.5, 0.6) is 0 Å². The van der Waals surface area contributed by atoms with E-state index in [0.29, 0.717) is 19.8 Å². The summed E-state index contributed by atoms with van der Waals surface area (Å²) >= 11 is 0. The molecule has 0 amide bonds. The molecule has 6 nitrogen and oxygen atoms in total. The molecule has 1 fully saturated rings. The summed E-state index contributed by atoms with van der Waals surface area (Å²) in [5.41, 5.74) is 5.27. The number of morpholine rings is 1. The molecule has 6 rings (SSSR count). The Balaban J connectivity index is 1.65. The van der Waals surface area contributed by atoms with Crippen molar-refractivity contribution < 1.29 is 4.74 Å². The number of pyridine rings is 3. The smallest absolute Gasteiger partial charge is 0.130 e. The van der Waals surface area contributed by atoms with Gasteiger partial charge in [-0.15, -0.1) is 0 Å². The maximum atomic E-state index is 5.57. The van der Waals surface area contributed by atoms with Crippen LogP contribution in [0.2, 0.25) is 0 Å². The number of rotatable bonds is 3. The summed E-state index contributed by atoms with van der Waals surface area (Å²) in [6.45, 7) is 3.74. The topological polar surface area (TPSA) is 63.5 Å². The number of ether oxygens (including phenoxy) is 1. The van der Waals surface area contributed by atoms with Crippen LogP contribution in [0.4, 0.5) is 5.82 Å². The molecule has 0 unspecified atom stereocenters. The number of nitrogens with zero attached hydrogens (tertiary/aromatic N) is 5. The molecule has 0 bridgehead atoms. The van der Waals surface area contributed by atoms with Gasteiger partial charge in [-0.2, -0.15) is 0 Å². The van der Waals surface area contributed by atoms with Crippen molar-refractivity contribution in [3.05, 3.63) is 66.8 Å². The van der Waals surface area contributed by atoms with E-state index in [1.807, 2.05) is 30.9 Å². The van der Waals surface area contributed by atoms with Gasteiger partial charge in [0.2, 0.25) is 0 Å². The summed E-state index contributed by atoms with van der Waals surface area (Å²) in [4.78, 5) is 20.8. The van der Waals surface area contributed by atoms with E-state index in [2.05, 4.69) is 51.3 Å². The molecule has 2 aliphatic rings. The molecule has 1 aromatic carbocycles. The molecule has 152 valence electrons. The van der Waals surface area contributed by atoms with Crippen molar-refractivity contribution in [1.82, 2.24) is 15.0 Å². The quantitative estimate of drug-likeness (QED) is 0.511. The van der Waals surface area contributed by atoms with E-state index in [0.717, 1.165) is 52.0 Å².